The van der Waals surface area contributed by atoms with Crippen LogP contribution in [-0.2, 0) is 4.74 Å². The summed E-state index contributed by atoms with van der Waals surface area (Å²) >= 11 is 0. The third kappa shape index (κ3) is 2.26. The normalized spacial score (nSPS) is 11.9. The van der Waals surface area contributed by atoms with Gasteiger partial charge in [0.05, 0.1) is 29.6 Å². The van der Waals surface area contributed by atoms with Crippen molar-refractivity contribution < 1.29 is 14.3 Å². The summed E-state index contributed by atoms with van der Waals surface area (Å²) in [5.41, 5.74) is 5.89. The molecule has 0 amide bonds. The second-order valence-corrected chi connectivity index (χ2v) is 6.41. The van der Waals surface area contributed by atoms with Crippen LogP contribution in [0.1, 0.15) is 37.5 Å². The number of carbonyl (C=O) groups is 2. The Kier molecular flexibility index (Phi) is 3.69. The van der Waals surface area contributed by atoms with Crippen molar-refractivity contribution in [2.45, 2.75) is 13.8 Å². The van der Waals surface area contributed by atoms with Gasteiger partial charge in [-0.2, -0.15) is 0 Å². The molecular formula is C22H17NO3. The van der Waals surface area contributed by atoms with E-state index in [1.165, 1.54) is 7.11 Å². The minimum absolute atomic E-state index is 0.107. The van der Waals surface area contributed by atoms with Gasteiger partial charge in [-0.3, -0.25) is 9.78 Å². The quantitative estimate of drug-likeness (QED) is 0.507. The standard InChI is InChI=1S/C22H17NO3/c1-12-7-6-8-14(11-12)18-17(22(25)26-3)13(2)23-20-15-9-4-5-10-16(15)21(24)19(18)20/h4-11H,1-3H3. The molecule has 4 rings (SSSR count). The highest BCUT2D eigenvalue weighted by Crippen LogP contribution is 2.43. The molecular weight excluding hydrogens is 326 g/mol. The van der Waals surface area contributed by atoms with Gasteiger partial charge >= 0.3 is 5.97 Å². The predicted octanol–water partition coefficient (Wildman–Crippen LogP) is 4.36. The van der Waals surface area contributed by atoms with Gasteiger partial charge in [0.15, 0.2) is 5.78 Å². The molecule has 0 unspecified atom stereocenters. The Labute approximate surface area is 151 Å². The zero-order valence-electron chi connectivity index (χ0n) is 14.8. The van der Waals surface area contributed by atoms with Gasteiger partial charge in [0.1, 0.15) is 0 Å². The van der Waals surface area contributed by atoms with Crippen molar-refractivity contribution in [1.29, 1.82) is 0 Å². The van der Waals surface area contributed by atoms with Crippen molar-refractivity contribution in [3.05, 3.63) is 76.5 Å². The molecule has 0 fully saturated rings. The molecule has 0 atom stereocenters. The van der Waals surface area contributed by atoms with Crippen molar-refractivity contribution in [2.75, 3.05) is 7.11 Å². The third-order valence-electron chi connectivity index (χ3n) is 4.73. The minimum Gasteiger partial charge on any atom is -0.465 e. The number of aromatic nitrogens is 1. The highest BCUT2D eigenvalue weighted by Gasteiger charge is 2.34. The molecule has 26 heavy (non-hydrogen) atoms. The van der Waals surface area contributed by atoms with E-state index >= 15 is 0 Å². The number of hydrogen-bond donors (Lipinski definition) is 0. The lowest BCUT2D eigenvalue weighted by atomic mass is 9.91. The van der Waals surface area contributed by atoms with Crippen LogP contribution in [-0.4, -0.2) is 23.8 Å². The number of ketones is 1. The van der Waals surface area contributed by atoms with Crippen molar-refractivity contribution in [2.24, 2.45) is 0 Å². The number of aryl methyl sites for hydroxylation is 2. The van der Waals surface area contributed by atoms with Gasteiger partial charge in [0.2, 0.25) is 0 Å². The fraction of sp³-hybridized carbons (Fsp3) is 0.136. The fourth-order valence-corrected chi connectivity index (χ4v) is 3.58. The van der Waals surface area contributed by atoms with Crippen LogP contribution in [0.2, 0.25) is 0 Å². The summed E-state index contributed by atoms with van der Waals surface area (Å²) in [5.74, 6) is -0.595. The van der Waals surface area contributed by atoms with Crippen molar-refractivity contribution in [3.63, 3.8) is 0 Å². The average molecular weight is 343 g/mol. The van der Waals surface area contributed by atoms with Gasteiger partial charge in [-0.15, -0.1) is 0 Å². The van der Waals surface area contributed by atoms with Gasteiger partial charge < -0.3 is 4.74 Å². The largest absolute Gasteiger partial charge is 0.465 e. The van der Waals surface area contributed by atoms with Crippen molar-refractivity contribution >= 4 is 11.8 Å². The number of benzene rings is 2. The summed E-state index contributed by atoms with van der Waals surface area (Å²) in [5, 5.41) is 0. The number of ether oxygens (including phenoxy) is 1. The lowest BCUT2D eigenvalue weighted by molar-refractivity contribution is 0.0600. The first-order valence-electron chi connectivity index (χ1n) is 8.37. The Morgan fingerprint density at radius 1 is 0.962 bits per heavy atom. The van der Waals surface area contributed by atoms with E-state index < -0.39 is 5.97 Å². The monoisotopic (exact) mass is 343 g/mol. The van der Waals surface area contributed by atoms with E-state index in [0.717, 1.165) is 16.7 Å². The van der Waals surface area contributed by atoms with E-state index in [9.17, 15) is 9.59 Å². The second-order valence-electron chi connectivity index (χ2n) is 6.41. The molecule has 1 aromatic heterocycles. The first kappa shape index (κ1) is 16.2. The van der Waals surface area contributed by atoms with Crippen LogP contribution in [0.5, 0.6) is 0 Å². The number of rotatable bonds is 2. The maximum atomic E-state index is 13.1. The van der Waals surface area contributed by atoms with Crippen LogP contribution in [0.25, 0.3) is 22.4 Å². The summed E-state index contributed by atoms with van der Waals surface area (Å²) in [7, 11) is 1.34. The molecule has 1 aliphatic carbocycles. The number of methoxy groups -OCH3 is 1. The zero-order valence-corrected chi connectivity index (χ0v) is 14.8. The molecule has 4 nitrogen and oxygen atoms in total. The summed E-state index contributed by atoms with van der Waals surface area (Å²) in [6, 6.07) is 15.2. The smallest absolute Gasteiger partial charge is 0.340 e. The van der Waals surface area contributed by atoms with Crippen molar-refractivity contribution in [1.82, 2.24) is 4.98 Å². The number of nitrogens with zero attached hydrogens (tertiary/aromatic N) is 1. The maximum Gasteiger partial charge on any atom is 0.340 e. The van der Waals surface area contributed by atoms with Gasteiger partial charge in [-0.1, -0.05) is 54.1 Å². The molecule has 128 valence electrons. The Balaban J connectivity index is 2.14. The molecule has 0 aliphatic heterocycles. The fourth-order valence-electron chi connectivity index (χ4n) is 3.58. The molecule has 4 heteroatoms. The van der Waals surface area contributed by atoms with Crippen LogP contribution in [0, 0.1) is 13.8 Å². The number of esters is 1. The first-order valence-corrected chi connectivity index (χ1v) is 8.37. The van der Waals surface area contributed by atoms with E-state index in [-0.39, 0.29) is 5.78 Å². The third-order valence-corrected chi connectivity index (χ3v) is 4.73. The second kappa shape index (κ2) is 5.92. The van der Waals surface area contributed by atoms with E-state index in [1.54, 1.807) is 13.0 Å². The van der Waals surface area contributed by atoms with E-state index in [4.69, 9.17) is 4.74 Å². The highest BCUT2D eigenvalue weighted by molar-refractivity contribution is 6.25. The molecule has 2 aromatic carbocycles. The van der Waals surface area contributed by atoms with Crippen LogP contribution in [0.3, 0.4) is 0 Å². The lowest BCUT2D eigenvalue weighted by Gasteiger charge is -2.15. The highest BCUT2D eigenvalue weighted by atomic mass is 16.5. The Bertz CT molecular complexity index is 1080. The Morgan fingerprint density at radius 3 is 2.38 bits per heavy atom. The molecule has 0 N–H and O–H groups in total. The average Bonchev–Trinajstić information content (AvgIpc) is 2.92. The topological polar surface area (TPSA) is 56.3 Å². The van der Waals surface area contributed by atoms with Crippen LogP contribution >= 0.6 is 0 Å². The number of hydrogen-bond acceptors (Lipinski definition) is 4. The lowest BCUT2D eigenvalue weighted by Crippen LogP contribution is -2.12. The van der Waals surface area contributed by atoms with E-state index in [1.807, 2.05) is 49.4 Å². The van der Waals surface area contributed by atoms with Crippen LogP contribution < -0.4 is 0 Å². The number of pyridine rings is 1. The number of fused-ring (bicyclic) bond motifs is 3. The van der Waals surface area contributed by atoms with Crippen molar-refractivity contribution in [3.8, 4) is 22.4 Å². The summed E-state index contributed by atoms with van der Waals surface area (Å²) in [6.07, 6.45) is 0. The van der Waals surface area contributed by atoms with Gasteiger partial charge in [0.25, 0.3) is 0 Å². The number of carbonyl (C=O) groups excluding carboxylic acids is 2. The van der Waals surface area contributed by atoms with Gasteiger partial charge in [0, 0.05) is 16.7 Å². The minimum atomic E-state index is -0.488. The Morgan fingerprint density at radius 2 is 1.69 bits per heavy atom. The molecule has 0 saturated heterocycles. The molecule has 0 bridgehead atoms. The van der Waals surface area contributed by atoms with Gasteiger partial charge in [-0.05, 0) is 19.4 Å². The molecule has 0 spiro atoms. The summed E-state index contributed by atoms with van der Waals surface area (Å²) in [4.78, 5) is 30.3. The summed E-state index contributed by atoms with van der Waals surface area (Å²) < 4.78 is 4.99. The van der Waals surface area contributed by atoms with Crippen LogP contribution in [0.15, 0.2) is 48.5 Å². The maximum absolute atomic E-state index is 13.1. The molecule has 1 aliphatic rings. The van der Waals surface area contributed by atoms with E-state index in [2.05, 4.69) is 4.98 Å². The van der Waals surface area contributed by atoms with Crippen LogP contribution in [0.4, 0.5) is 0 Å². The Hall–Kier alpha value is -3.27. The SMILES string of the molecule is COC(=O)c1c(C)nc2c(c1-c1cccc(C)c1)C(=O)c1ccccc1-2. The van der Waals surface area contributed by atoms with Gasteiger partial charge in [-0.25, -0.2) is 4.79 Å². The molecule has 3 aromatic rings. The summed E-state index contributed by atoms with van der Waals surface area (Å²) in [6.45, 7) is 3.75. The molecule has 0 saturated carbocycles. The first-order chi connectivity index (χ1) is 12.5. The zero-order chi connectivity index (χ0) is 18.4. The van der Waals surface area contributed by atoms with E-state index in [0.29, 0.717) is 33.6 Å². The molecule has 0 radical (unpaired) electrons. The predicted molar refractivity (Wildman–Crippen MR) is 99.4 cm³/mol. The molecule has 1 heterocycles.